The average Bonchev–Trinajstić information content (AvgIpc) is 3.33. The summed E-state index contributed by atoms with van der Waals surface area (Å²) in [5.41, 5.74) is 0.0776. The highest BCUT2D eigenvalue weighted by molar-refractivity contribution is 7.89. The predicted octanol–water partition coefficient (Wildman–Crippen LogP) is 3.99. The van der Waals surface area contributed by atoms with E-state index in [1.807, 2.05) is 0 Å². The molecule has 1 aromatic carbocycles. The van der Waals surface area contributed by atoms with E-state index in [1.165, 1.54) is 17.4 Å². The lowest BCUT2D eigenvalue weighted by Gasteiger charge is -2.30. The van der Waals surface area contributed by atoms with E-state index in [0.717, 1.165) is 30.7 Å². The van der Waals surface area contributed by atoms with Crippen molar-refractivity contribution in [3.8, 4) is 10.4 Å². The second kappa shape index (κ2) is 12.2. The van der Waals surface area contributed by atoms with Crippen molar-refractivity contribution < 1.29 is 37.0 Å². The van der Waals surface area contributed by atoms with Crippen LogP contribution in [0.3, 0.4) is 0 Å². The lowest BCUT2D eigenvalue weighted by Crippen LogP contribution is -2.44. The molecule has 2 saturated heterocycles. The van der Waals surface area contributed by atoms with Crippen molar-refractivity contribution >= 4 is 39.2 Å². The van der Waals surface area contributed by atoms with Gasteiger partial charge in [-0.3, -0.25) is 5.32 Å². The van der Waals surface area contributed by atoms with E-state index in [1.54, 1.807) is 39.1 Å². The van der Waals surface area contributed by atoms with E-state index in [9.17, 15) is 18.0 Å². The Balaban J connectivity index is 1.29. The number of anilines is 1. The van der Waals surface area contributed by atoms with Gasteiger partial charge in [-0.25, -0.2) is 27.7 Å². The molecule has 12 nitrogen and oxygen atoms in total. The SMILES string of the molecule is CC(C)(C)NS(=O)(=O)c1cc(NC(=O)OC2COC2)ccc1-c1cnc(C2CCC(NC(=O)OC3COC3)CC2)s1. The standard InChI is InChI=1S/C27H36N4O8S2/c1-27(2,3)31-41(34,35)23-10-18(30-26(33)39-20-14-37-15-20)8-9-21(23)22-11-28-24(40-22)16-4-6-17(7-5-16)29-25(32)38-19-12-36-13-19/h8-11,16-17,19-20,31H,4-7,12-15H2,1-3H3,(H,29,32)(H,30,33). The van der Waals surface area contributed by atoms with E-state index in [0.29, 0.717) is 42.6 Å². The number of nitrogens with zero attached hydrogens (tertiary/aromatic N) is 1. The first-order valence-corrected chi connectivity index (χ1v) is 16.0. The number of sulfonamides is 1. The minimum atomic E-state index is -3.96. The minimum absolute atomic E-state index is 0.0377. The molecule has 1 aliphatic carbocycles. The van der Waals surface area contributed by atoms with Gasteiger partial charge in [-0.2, -0.15) is 0 Å². The summed E-state index contributed by atoms with van der Waals surface area (Å²) in [5, 5.41) is 6.49. The number of aromatic nitrogens is 1. The maximum atomic E-state index is 13.5. The van der Waals surface area contributed by atoms with Gasteiger partial charge in [0.15, 0.2) is 12.2 Å². The van der Waals surface area contributed by atoms with Gasteiger partial charge in [0.1, 0.15) is 0 Å². The maximum Gasteiger partial charge on any atom is 0.412 e. The molecule has 1 aromatic heterocycles. The molecule has 3 N–H and O–H groups in total. The van der Waals surface area contributed by atoms with Crippen molar-refractivity contribution in [2.24, 2.45) is 0 Å². The van der Waals surface area contributed by atoms with Crippen molar-refractivity contribution in [2.75, 3.05) is 31.7 Å². The fourth-order valence-corrected chi connectivity index (χ4v) is 7.64. The fourth-order valence-electron chi connectivity index (χ4n) is 4.78. The summed E-state index contributed by atoms with van der Waals surface area (Å²) < 4.78 is 50.3. The third kappa shape index (κ3) is 7.74. The second-order valence-electron chi connectivity index (χ2n) is 11.6. The van der Waals surface area contributed by atoms with Crippen LogP contribution in [0.1, 0.15) is 57.4 Å². The zero-order valence-electron chi connectivity index (χ0n) is 23.3. The molecule has 5 rings (SSSR count). The number of hydrogen-bond donors (Lipinski definition) is 3. The van der Waals surface area contributed by atoms with Crippen molar-refractivity contribution in [3.63, 3.8) is 0 Å². The van der Waals surface area contributed by atoms with E-state index in [4.69, 9.17) is 18.9 Å². The largest absolute Gasteiger partial charge is 0.441 e. The van der Waals surface area contributed by atoms with Gasteiger partial charge in [0.05, 0.1) is 41.2 Å². The molecule has 2 amide bonds. The summed E-state index contributed by atoms with van der Waals surface area (Å²) >= 11 is 1.46. The Kier molecular flexibility index (Phi) is 8.85. The molecule has 14 heteroatoms. The summed E-state index contributed by atoms with van der Waals surface area (Å²) in [6, 6.07) is 4.81. The lowest BCUT2D eigenvalue weighted by molar-refractivity contribution is -0.0985. The molecular formula is C27H36N4O8S2. The van der Waals surface area contributed by atoms with Crippen LogP contribution >= 0.6 is 11.3 Å². The minimum Gasteiger partial charge on any atom is -0.441 e. The van der Waals surface area contributed by atoms with Gasteiger partial charge in [-0.05, 0) is 58.6 Å². The first kappa shape index (κ1) is 29.7. The molecule has 1 saturated carbocycles. The number of carbonyl (C=O) groups excluding carboxylic acids is 2. The Hall–Kier alpha value is -2.78. The van der Waals surface area contributed by atoms with Crippen LogP contribution in [0.15, 0.2) is 29.3 Å². The summed E-state index contributed by atoms with van der Waals surface area (Å²) in [4.78, 5) is 29.8. The molecule has 3 fully saturated rings. The molecule has 3 heterocycles. The summed E-state index contributed by atoms with van der Waals surface area (Å²) in [6.45, 7) is 6.88. The van der Waals surface area contributed by atoms with Gasteiger partial charge >= 0.3 is 12.2 Å². The van der Waals surface area contributed by atoms with E-state index < -0.39 is 27.7 Å². The van der Waals surface area contributed by atoms with Crippen molar-refractivity contribution in [2.45, 2.75) is 81.1 Å². The first-order chi connectivity index (χ1) is 19.4. The summed E-state index contributed by atoms with van der Waals surface area (Å²) in [5.74, 6) is 0.210. The Morgan fingerprint density at radius 2 is 1.61 bits per heavy atom. The van der Waals surface area contributed by atoms with E-state index in [2.05, 4.69) is 20.3 Å². The third-order valence-electron chi connectivity index (χ3n) is 6.91. The second-order valence-corrected chi connectivity index (χ2v) is 14.3. The molecule has 0 atom stereocenters. The molecule has 0 unspecified atom stereocenters. The van der Waals surface area contributed by atoms with Gasteiger partial charge in [0.25, 0.3) is 0 Å². The smallest absolute Gasteiger partial charge is 0.412 e. The monoisotopic (exact) mass is 608 g/mol. The van der Waals surface area contributed by atoms with Gasteiger partial charge in [-0.15, -0.1) is 11.3 Å². The number of ether oxygens (including phenoxy) is 4. The van der Waals surface area contributed by atoms with Crippen molar-refractivity contribution in [1.82, 2.24) is 15.0 Å². The quantitative estimate of drug-likeness (QED) is 0.404. The number of rotatable bonds is 8. The Labute approximate surface area is 243 Å². The average molecular weight is 609 g/mol. The number of benzene rings is 1. The lowest BCUT2D eigenvalue weighted by atomic mass is 9.86. The summed E-state index contributed by atoms with van der Waals surface area (Å²) in [7, 11) is -3.96. The Bertz CT molecular complexity index is 1360. The molecule has 0 spiro atoms. The molecule has 0 radical (unpaired) electrons. The van der Waals surface area contributed by atoms with Crippen LogP contribution in [0.2, 0.25) is 0 Å². The molecule has 41 heavy (non-hydrogen) atoms. The molecule has 2 aromatic rings. The Morgan fingerprint density at radius 3 is 2.20 bits per heavy atom. The first-order valence-electron chi connectivity index (χ1n) is 13.7. The number of hydrogen-bond acceptors (Lipinski definition) is 10. The Morgan fingerprint density at radius 1 is 0.976 bits per heavy atom. The van der Waals surface area contributed by atoms with E-state index in [-0.39, 0.29) is 29.1 Å². The topological polar surface area (TPSA) is 154 Å². The number of carbonyl (C=O) groups is 2. The van der Waals surface area contributed by atoms with Gasteiger partial charge in [0, 0.05) is 34.9 Å². The predicted molar refractivity (Wildman–Crippen MR) is 152 cm³/mol. The molecule has 3 aliphatic rings. The van der Waals surface area contributed by atoms with E-state index >= 15 is 0 Å². The zero-order valence-corrected chi connectivity index (χ0v) is 24.9. The number of nitrogens with one attached hydrogen (secondary N) is 3. The van der Waals surface area contributed by atoms with Crippen LogP contribution in [-0.4, -0.2) is 75.8 Å². The van der Waals surface area contributed by atoms with Crippen LogP contribution in [-0.2, 0) is 29.0 Å². The number of alkyl carbamates (subject to hydrolysis) is 1. The van der Waals surface area contributed by atoms with Crippen LogP contribution in [0.5, 0.6) is 0 Å². The molecule has 2 aliphatic heterocycles. The molecule has 0 bridgehead atoms. The van der Waals surface area contributed by atoms with Crippen LogP contribution in [0.25, 0.3) is 10.4 Å². The highest BCUT2D eigenvalue weighted by Crippen LogP contribution is 2.40. The maximum absolute atomic E-state index is 13.5. The van der Waals surface area contributed by atoms with Crippen molar-refractivity contribution in [1.29, 1.82) is 0 Å². The highest BCUT2D eigenvalue weighted by atomic mass is 32.2. The van der Waals surface area contributed by atoms with Crippen LogP contribution in [0.4, 0.5) is 15.3 Å². The summed E-state index contributed by atoms with van der Waals surface area (Å²) in [6.07, 6.45) is 3.45. The van der Waals surface area contributed by atoms with Gasteiger partial charge in [-0.1, -0.05) is 6.07 Å². The van der Waals surface area contributed by atoms with Crippen molar-refractivity contribution in [3.05, 3.63) is 29.4 Å². The number of amides is 2. The third-order valence-corrected chi connectivity index (χ3v) is 9.90. The highest BCUT2D eigenvalue weighted by Gasteiger charge is 2.30. The van der Waals surface area contributed by atoms with Crippen LogP contribution < -0.4 is 15.4 Å². The number of thiazole rings is 1. The van der Waals surface area contributed by atoms with Crippen LogP contribution in [0, 0.1) is 0 Å². The normalized spacial score (nSPS) is 21.8. The van der Waals surface area contributed by atoms with Gasteiger partial charge < -0.3 is 24.3 Å². The zero-order chi connectivity index (χ0) is 29.2. The molecular weight excluding hydrogens is 572 g/mol. The molecule has 224 valence electrons. The fraction of sp³-hybridized carbons (Fsp3) is 0.593. The van der Waals surface area contributed by atoms with Gasteiger partial charge in [0.2, 0.25) is 10.0 Å².